The van der Waals surface area contributed by atoms with Crippen LogP contribution in [0.4, 0.5) is 0 Å². The highest BCUT2D eigenvalue weighted by atomic mass is 35.5. The van der Waals surface area contributed by atoms with Crippen molar-refractivity contribution in [3.63, 3.8) is 0 Å². The van der Waals surface area contributed by atoms with Gasteiger partial charge < -0.3 is 15.5 Å². The van der Waals surface area contributed by atoms with Crippen LogP contribution in [0.15, 0.2) is 77.7 Å². The highest BCUT2D eigenvalue weighted by Crippen LogP contribution is 2.32. The number of aliphatic hydroxyl groups is 2. The lowest BCUT2D eigenvalue weighted by atomic mass is 10.0. The van der Waals surface area contributed by atoms with Gasteiger partial charge in [-0.3, -0.25) is 4.79 Å². The maximum absolute atomic E-state index is 13.8. The van der Waals surface area contributed by atoms with Gasteiger partial charge in [-0.1, -0.05) is 74.0 Å². The summed E-state index contributed by atoms with van der Waals surface area (Å²) in [6.07, 6.45) is -0.827. The quantitative estimate of drug-likeness (QED) is 0.179. The Morgan fingerprint density at radius 1 is 1.03 bits per heavy atom. The van der Waals surface area contributed by atoms with Crippen molar-refractivity contribution in [2.45, 2.75) is 36.5 Å². The lowest BCUT2D eigenvalue weighted by Gasteiger charge is -2.24. The molecule has 0 aromatic heterocycles. The summed E-state index contributed by atoms with van der Waals surface area (Å²) in [7, 11) is -4.00. The first-order valence-corrected chi connectivity index (χ1v) is 15.6. The van der Waals surface area contributed by atoms with Gasteiger partial charge in [-0.25, -0.2) is 12.7 Å². The van der Waals surface area contributed by atoms with E-state index in [1.165, 1.54) is 11.8 Å². The van der Waals surface area contributed by atoms with Crippen molar-refractivity contribution in [2.75, 3.05) is 32.0 Å². The number of aliphatic hydroxyl groups excluding tert-OH is 2. The number of carbonyl (C=O) groups is 1. The van der Waals surface area contributed by atoms with E-state index in [9.17, 15) is 23.4 Å². The molecule has 1 amide bonds. The van der Waals surface area contributed by atoms with E-state index >= 15 is 0 Å². The Bertz CT molecular complexity index is 1340. The van der Waals surface area contributed by atoms with Crippen LogP contribution in [0.1, 0.15) is 42.3 Å². The Balaban J connectivity index is 1.83. The number of nitrogens with one attached hydrogen (secondary N) is 1. The Labute approximate surface area is 240 Å². The number of sulfonamides is 1. The number of thioether (sulfide) groups is 1. The molecule has 10 heteroatoms. The molecule has 3 rings (SSSR count). The second-order valence-corrected chi connectivity index (χ2v) is 13.4. The third-order valence-electron chi connectivity index (χ3n) is 5.87. The van der Waals surface area contributed by atoms with E-state index < -0.39 is 22.0 Å². The van der Waals surface area contributed by atoms with Gasteiger partial charge in [0.1, 0.15) is 0 Å². The molecular weight excluding hydrogens is 556 g/mol. The molecule has 3 aromatic carbocycles. The van der Waals surface area contributed by atoms with Crippen LogP contribution in [0, 0.1) is 0 Å². The van der Waals surface area contributed by atoms with E-state index in [1.807, 2.05) is 56.3 Å². The summed E-state index contributed by atoms with van der Waals surface area (Å²) >= 11 is 7.50. The van der Waals surface area contributed by atoms with Crippen LogP contribution in [0.2, 0.25) is 5.02 Å². The standard InChI is InChI=1S/C29H35ClN2O5S2/c1-21(2)38-28-19-23(22-8-4-3-5-9-22)12-13-26(28)29(35)32(39(36,37)17-7-16-33)15-14-31-20-27(34)24-10-6-11-25(30)18-24/h3-6,8-13,18-19,21,27,31,33-34H,7,14-17,20H2,1-2H3/t27-/m0/s1. The molecule has 0 saturated heterocycles. The number of hydrogen-bond acceptors (Lipinski definition) is 7. The smallest absolute Gasteiger partial charge is 0.268 e. The first kappa shape index (κ1) is 31.1. The molecule has 0 heterocycles. The number of nitrogens with zero attached hydrogens (tertiary/aromatic N) is 1. The van der Waals surface area contributed by atoms with Gasteiger partial charge in [-0.05, 0) is 47.4 Å². The minimum absolute atomic E-state index is 0.0214. The predicted molar refractivity (Wildman–Crippen MR) is 159 cm³/mol. The Morgan fingerprint density at radius 2 is 1.77 bits per heavy atom. The van der Waals surface area contributed by atoms with Crippen molar-refractivity contribution < 1.29 is 23.4 Å². The Hall–Kier alpha value is -2.40. The van der Waals surface area contributed by atoms with Crippen molar-refractivity contribution in [1.29, 1.82) is 0 Å². The Kier molecular flexibility index (Phi) is 11.8. The lowest BCUT2D eigenvalue weighted by molar-refractivity contribution is 0.0857. The number of amides is 1. The summed E-state index contributed by atoms with van der Waals surface area (Å²) in [5, 5.41) is 23.4. The molecule has 0 aliphatic heterocycles. The summed E-state index contributed by atoms with van der Waals surface area (Å²) < 4.78 is 27.3. The van der Waals surface area contributed by atoms with E-state index in [1.54, 1.807) is 30.3 Å². The molecule has 210 valence electrons. The molecule has 3 N–H and O–H groups in total. The van der Waals surface area contributed by atoms with Gasteiger partial charge in [0, 0.05) is 41.4 Å². The molecule has 0 spiro atoms. The molecular formula is C29H35ClN2O5S2. The van der Waals surface area contributed by atoms with E-state index in [0.717, 1.165) is 15.4 Å². The fourth-order valence-electron chi connectivity index (χ4n) is 3.97. The minimum atomic E-state index is -4.00. The SMILES string of the molecule is CC(C)Sc1cc(-c2ccccc2)ccc1C(=O)N(CCNC[C@H](O)c1cccc(Cl)c1)S(=O)(=O)CCCO. The maximum Gasteiger partial charge on any atom is 0.268 e. The first-order chi connectivity index (χ1) is 18.6. The van der Waals surface area contributed by atoms with Crippen LogP contribution in [0.25, 0.3) is 11.1 Å². The van der Waals surface area contributed by atoms with Crippen molar-refractivity contribution in [2.24, 2.45) is 0 Å². The topological polar surface area (TPSA) is 107 Å². The van der Waals surface area contributed by atoms with Crippen LogP contribution in [0.3, 0.4) is 0 Å². The van der Waals surface area contributed by atoms with Crippen LogP contribution in [-0.2, 0) is 10.0 Å². The minimum Gasteiger partial charge on any atom is -0.396 e. The number of carbonyl (C=O) groups excluding carboxylic acids is 1. The highest BCUT2D eigenvalue weighted by molar-refractivity contribution is 8.00. The van der Waals surface area contributed by atoms with Gasteiger partial charge in [-0.15, -0.1) is 11.8 Å². The molecule has 0 fully saturated rings. The molecule has 7 nitrogen and oxygen atoms in total. The predicted octanol–water partition coefficient (Wildman–Crippen LogP) is 4.99. The number of hydrogen-bond donors (Lipinski definition) is 3. The van der Waals surface area contributed by atoms with E-state index in [4.69, 9.17) is 11.6 Å². The van der Waals surface area contributed by atoms with Crippen LogP contribution >= 0.6 is 23.4 Å². The van der Waals surface area contributed by atoms with Crippen LogP contribution in [0.5, 0.6) is 0 Å². The maximum atomic E-state index is 13.8. The number of halogens is 1. The van der Waals surface area contributed by atoms with E-state index in [0.29, 0.717) is 21.0 Å². The molecule has 0 aliphatic rings. The van der Waals surface area contributed by atoms with Crippen LogP contribution in [-0.4, -0.2) is 66.1 Å². The van der Waals surface area contributed by atoms with Crippen molar-refractivity contribution >= 4 is 39.3 Å². The molecule has 0 bridgehead atoms. The van der Waals surface area contributed by atoms with Crippen molar-refractivity contribution in [3.8, 4) is 11.1 Å². The van der Waals surface area contributed by atoms with Gasteiger partial charge >= 0.3 is 0 Å². The second-order valence-electron chi connectivity index (χ2n) is 9.29. The molecule has 0 saturated carbocycles. The third-order valence-corrected chi connectivity index (χ3v) is 8.99. The first-order valence-electron chi connectivity index (χ1n) is 12.8. The lowest BCUT2D eigenvalue weighted by Crippen LogP contribution is -2.43. The highest BCUT2D eigenvalue weighted by Gasteiger charge is 2.29. The average Bonchev–Trinajstić information content (AvgIpc) is 2.91. The molecule has 0 unspecified atom stereocenters. The van der Waals surface area contributed by atoms with Gasteiger partial charge in [0.2, 0.25) is 10.0 Å². The fraction of sp³-hybridized carbons (Fsp3) is 0.345. The summed E-state index contributed by atoms with van der Waals surface area (Å²) in [6.45, 7) is 3.89. The van der Waals surface area contributed by atoms with Gasteiger partial charge in [0.25, 0.3) is 5.91 Å². The largest absolute Gasteiger partial charge is 0.396 e. The zero-order valence-electron chi connectivity index (χ0n) is 22.1. The fourth-order valence-corrected chi connectivity index (χ4v) is 6.59. The third kappa shape index (κ3) is 9.06. The summed E-state index contributed by atoms with van der Waals surface area (Å²) in [5.41, 5.74) is 2.87. The molecule has 0 radical (unpaired) electrons. The molecule has 0 aliphatic carbocycles. The normalized spacial score (nSPS) is 12.5. The summed E-state index contributed by atoms with van der Waals surface area (Å²) in [4.78, 5) is 14.5. The van der Waals surface area contributed by atoms with E-state index in [-0.39, 0.29) is 43.7 Å². The van der Waals surface area contributed by atoms with Crippen LogP contribution < -0.4 is 5.32 Å². The van der Waals surface area contributed by atoms with E-state index in [2.05, 4.69) is 5.32 Å². The van der Waals surface area contributed by atoms with Gasteiger partial charge in [0.05, 0.1) is 17.4 Å². The molecule has 1 atom stereocenters. The van der Waals surface area contributed by atoms with Gasteiger partial charge in [0.15, 0.2) is 0 Å². The number of rotatable bonds is 14. The summed E-state index contributed by atoms with van der Waals surface area (Å²) in [6, 6.07) is 22.1. The number of benzene rings is 3. The monoisotopic (exact) mass is 590 g/mol. The zero-order valence-corrected chi connectivity index (χ0v) is 24.5. The van der Waals surface area contributed by atoms with Crippen molar-refractivity contribution in [1.82, 2.24) is 9.62 Å². The van der Waals surface area contributed by atoms with Gasteiger partial charge in [-0.2, -0.15) is 0 Å². The zero-order chi connectivity index (χ0) is 28.4. The average molecular weight is 591 g/mol. The Morgan fingerprint density at radius 3 is 2.44 bits per heavy atom. The second kappa shape index (κ2) is 14.8. The molecule has 3 aromatic rings. The molecule has 39 heavy (non-hydrogen) atoms. The summed E-state index contributed by atoms with van der Waals surface area (Å²) in [5.74, 6) is -0.970. The van der Waals surface area contributed by atoms with Crippen molar-refractivity contribution in [3.05, 3.63) is 88.9 Å².